The quantitative estimate of drug-likeness (QED) is 0.670. The number of rotatable bonds is 2. The van der Waals surface area contributed by atoms with Gasteiger partial charge in [0.15, 0.2) is 5.76 Å². The van der Waals surface area contributed by atoms with E-state index in [0.717, 1.165) is 15.4 Å². The summed E-state index contributed by atoms with van der Waals surface area (Å²) in [5.41, 5.74) is 2.43. The number of halogens is 1. The summed E-state index contributed by atoms with van der Waals surface area (Å²) in [6.45, 7) is 3.63. The van der Waals surface area contributed by atoms with Crippen LogP contribution in [0, 0.1) is 13.8 Å². The molecule has 0 atom stereocenters. The Hall–Kier alpha value is -2.01. The summed E-state index contributed by atoms with van der Waals surface area (Å²) in [7, 11) is 0. The molecule has 0 radical (unpaired) electrons. The van der Waals surface area contributed by atoms with E-state index in [-0.39, 0.29) is 5.78 Å². The van der Waals surface area contributed by atoms with Crippen molar-refractivity contribution < 1.29 is 9.21 Å². The van der Waals surface area contributed by atoms with E-state index in [1.54, 1.807) is 13.1 Å². The minimum absolute atomic E-state index is 0.236. The molecule has 3 rings (SSSR count). The molecule has 1 aromatic carbocycles. The lowest BCUT2D eigenvalue weighted by Gasteiger charge is -2.00. The molecule has 0 spiro atoms. The third-order valence-electron chi connectivity index (χ3n) is 3.20. The lowest BCUT2D eigenvalue weighted by Crippen LogP contribution is -2.07. The van der Waals surface area contributed by atoms with Crippen molar-refractivity contribution in [2.75, 3.05) is 0 Å². The van der Waals surface area contributed by atoms with Crippen LogP contribution in [0.4, 0.5) is 0 Å². The number of carbonyl (C=O) groups is 1. The highest BCUT2D eigenvalue weighted by atomic mass is 79.9. The normalized spacial score (nSPS) is 10.9. The zero-order chi connectivity index (χ0) is 14.3. The van der Waals surface area contributed by atoms with E-state index in [2.05, 4.69) is 25.9 Å². The molecule has 0 N–H and O–H groups in total. The van der Waals surface area contributed by atoms with Crippen LogP contribution in [-0.2, 0) is 0 Å². The maximum atomic E-state index is 12.5. The number of nitrogens with zero attached hydrogens (tertiary/aromatic N) is 2. The van der Waals surface area contributed by atoms with Crippen LogP contribution in [0.5, 0.6) is 0 Å². The average molecular weight is 331 g/mol. The topological polar surface area (TPSA) is 56.0 Å². The molecule has 0 bridgehead atoms. The van der Waals surface area contributed by atoms with Crippen molar-refractivity contribution in [2.24, 2.45) is 0 Å². The fourth-order valence-electron chi connectivity index (χ4n) is 2.15. The zero-order valence-corrected chi connectivity index (χ0v) is 12.6. The zero-order valence-electron chi connectivity index (χ0n) is 11.0. The maximum absolute atomic E-state index is 12.5. The Balaban J connectivity index is 2.18. The van der Waals surface area contributed by atoms with Crippen LogP contribution in [0.2, 0.25) is 0 Å². The van der Waals surface area contributed by atoms with E-state index in [0.29, 0.717) is 22.7 Å². The first-order valence-electron chi connectivity index (χ1n) is 6.09. The standard InChI is InChI=1S/C15H11BrN2O2/c1-8-11-4-3-10(16)7-12(11)20-15(8)14(19)13-9(2)17-5-6-18-13/h3-7H,1-2H3. The Morgan fingerprint density at radius 1 is 1.20 bits per heavy atom. The molecule has 20 heavy (non-hydrogen) atoms. The van der Waals surface area contributed by atoms with E-state index in [1.807, 2.05) is 25.1 Å². The Kier molecular flexibility index (Phi) is 3.14. The molecule has 2 heterocycles. The van der Waals surface area contributed by atoms with Crippen molar-refractivity contribution in [3.05, 3.63) is 57.8 Å². The van der Waals surface area contributed by atoms with Crippen molar-refractivity contribution >= 4 is 32.7 Å². The number of hydrogen-bond donors (Lipinski definition) is 0. The summed E-state index contributed by atoms with van der Waals surface area (Å²) in [4.78, 5) is 20.7. The number of ketones is 1. The number of fused-ring (bicyclic) bond motifs is 1. The fourth-order valence-corrected chi connectivity index (χ4v) is 2.49. The lowest BCUT2D eigenvalue weighted by atomic mass is 10.1. The summed E-state index contributed by atoms with van der Waals surface area (Å²) in [5, 5.41) is 0.929. The molecular formula is C15H11BrN2O2. The summed E-state index contributed by atoms with van der Waals surface area (Å²) in [5.74, 6) is 0.0853. The fraction of sp³-hybridized carbons (Fsp3) is 0.133. The number of furan rings is 1. The molecule has 0 unspecified atom stereocenters. The van der Waals surface area contributed by atoms with E-state index in [4.69, 9.17) is 4.42 Å². The van der Waals surface area contributed by atoms with E-state index in [1.165, 1.54) is 6.20 Å². The largest absolute Gasteiger partial charge is 0.452 e. The second-order valence-corrected chi connectivity index (χ2v) is 5.43. The van der Waals surface area contributed by atoms with E-state index < -0.39 is 0 Å². The van der Waals surface area contributed by atoms with Gasteiger partial charge in [-0.2, -0.15) is 0 Å². The molecule has 4 nitrogen and oxygen atoms in total. The number of carbonyl (C=O) groups excluding carboxylic acids is 1. The number of benzene rings is 1. The highest BCUT2D eigenvalue weighted by molar-refractivity contribution is 9.10. The van der Waals surface area contributed by atoms with Crippen LogP contribution in [0.1, 0.15) is 27.5 Å². The van der Waals surface area contributed by atoms with Gasteiger partial charge in [0.25, 0.3) is 0 Å². The van der Waals surface area contributed by atoms with Crippen molar-refractivity contribution in [3.8, 4) is 0 Å². The third-order valence-corrected chi connectivity index (χ3v) is 3.70. The molecule has 0 aliphatic heterocycles. The summed E-state index contributed by atoms with van der Waals surface area (Å²) in [6.07, 6.45) is 3.07. The smallest absolute Gasteiger partial charge is 0.248 e. The summed E-state index contributed by atoms with van der Waals surface area (Å²) in [6, 6.07) is 5.70. The van der Waals surface area contributed by atoms with Gasteiger partial charge in [0.1, 0.15) is 11.3 Å². The van der Waals surface area contributed by atoms with Crippen molar-refractivity contribution in [1.29, 1.82) is 0 Å². The molecule has 0 aliphatic carbocycles. The van der Waals surface area contributed by atoms with Gasteiger partial charge in [0.05, 0.1) is 5.69 Å². The lowest BCUT2D eigenvalue weighted by molar-refractivity contribution is 0.100. The van der Waals surface area contributed by atoms with Crippen LogP contribution >= 0.6 is 15.9 Å². The molecule has 0 saturated carbocycles. The van der Waals surface area contributed by atoms with Gasteiger partial charge in [-0.25, -0.2) is 4.98 Å². The average Bonchev–Trinajstić information content (AvgIpc) is 2.75. The van der Waals surface area contributed by atoms with Gasteiger partial charge in [0.2, 0.25) is 5.78 Å². The second kappa shape index (κ2) is 4.83. The summed E-state index contributed by atoms with van der Waals surface area (Å²) >= 11 is 3.39. The van der Waals surface area contributed by atoms with Gasteiger partial charge in [-0.1, -0.05) is 15.9 Å². The van der Waals surface area contributed by atoms with Crippen LogP contribution in [0.25, 0.3) is 11.0 Å². The first-order valence-corrected chi connectivity index (χ1v) is 6.88. The Bertz CT molecular complexity index is 824. The second-order valence-electron chi connectivity index (χ2n) is 4.52. The van der Waals surface area contributed by atoms with Crippen molar-refractivity contribution in [1.82, 2.24) is 9.97 Å². The first-order chi connectivity index (χ1) is 9.58. The van der Waals surface area contributed by atoms with Gasteiger partial charge in [0, 0.05) is 27.8 Å². The van der Waals surface area contributed by atoms with Crippen molar-refractivity contribution in [3.63, 3.8) is 0 Å². The molecule has 0 aliphatic rings. The SMILES string of the molecule is Cc1nccnc1C(=O)c1oc2cc(Br)ccc2c1C. The van der Waals surface area contributed by atoms with Crippen LogP contribution in [0.15, 0.2) is 39.5 Å². The molecule has 0 fully saturated rings. The van der Waals surface area contributed by atoms with Crippen LogP contribution in [0.3, 0.4) is 0 Å². The minimum atomic E-state index is -0.236. The monoisotopic (exact) mass is 330 g/mol. The Morgan fingerprint density at radius 3 is 2.70 bits per heavy atom. The van der Waals surface area contributed by atoms with E-state index >= 15 is 0 Å². The van der Waals surface area contributed by atoms with E-state index in [9.17, 15) is 4.79 Å². The van der Waals surface area contributed by atoms with Gasteiger partial charge < -0.3 is 4.42 Å². The minimum Gasteiger partial charge on any atom is -0.452 e. The van der Waals surface area contributed by atoms with Crippen molar-refractivity contribution in [2.45, 2.75) is 13.8 Å². The highest BCUT2D eigenvalue weighted by Gasteiger charge is 2.22. The molecule has 0 saturated heterocycles. The molecule has 3 aromatic rings. The first kappa shape index (κ1) is 13.0. The van der Waals surface area contributed by atoms with Gasteiger partial charge in [-0.3, -0.25) is 9.78 Å². The summed E-state index contributed by atoms with van der Waals surface area (Å²) < 4.78 is 6.61. The molecule has 5 heteroatoms. The third kappa shape index (κ3) is 2.04. The van der Waals surface area contributed by atoms with Crippen LogP contribution < -0.4 is 0 Å². The van der Waals surface area contributed by atoms with Crippen LogP contribution in [-0.4, -0.2) is 15.8 Å². The predicted molar refractivity (Wildman–Crippen MR) is 78.9 cm³/mol. The molecular weight excluding hydrogens is 320 g/mol. The van der Waals surface area contributed by atoms with Gasteiger partial charge in [-0.15, -0.1) is 0 Å². The number of hydrogen-bond acceptors (Lipinski definition) is 4. The molecule has 2 aromatic heterocycles. The maximum Gasteiger partial charge on any atom is 0.248 e. The van der Waals surface area contributed by atoms with Gasteiger partial charge >= 0.3 is 0 Å². The molecule has 100 valence electrons. The number of aryl methyl sites for hydroxylation is 2. The Morgan fingerprint density at radius 2 is 1.95 bits per heavy atom. The Labute approximate surface area is 124 Å². The predicted octanol–water partition coefficient (Wildman–Crippen LogP) is 3.83. The highest BCUT2D eigenvalue weighted by Crippen LogP contribution is 2.29. The number of aromatic nitrogens is 2. The van der Waals surface area contributed by atoms with Gasteiger partial charge in [-0.05, 0) is 32.0 Å². The molecule has 0 amide bonds.